The Labute approximate surface area is 168 Å². The molecular formula is C18H19N5O7. The van der Waals surface area contributed by atoms with Crippen LogP contribution in [0.15, 0.2) is 41.5 Å². The number of fused-ring (bicyclic) bond motifs is 1. The van der Waals surface area contributed by atoms with E-state index in [1.165, 1.54) is 0 Å². The summed E-state index contributed by atoms with van der Waals surface area (Å²) in [4.78, 5) is 35.6. The van der Waals surface area contributed by atoms with Crippen molar-refractivity contribution in [1.82, 2.24) is 19.5 Å². The van der Waals surface area contributed by atoms with Crippen LogP contribution in [0.1, 0.15) is 0 Å². The maximum atomic E-state index is 13.3. The molecule has 4 atom stereocenters. The number of aromatic nitrogens is 4. The number of aliphatic hydroxyl groups excluding tert-OH is 3. The number of Topliss-reactive ketones (excluding diaryl/α,β-unsaturated/α-hetero) is 1. The van der Waals surface area contributed by atoms with Gasteiger partial charge in [0.1, 0.15) is 30.4 Å². The average molecular weight is 417 g/mol. The van der Waals surface area contributed by atoms with Gasteiger partial charge in [-0.2, -0.15) is 4.98 Å². The van der Waals surface area contributed by atoms with Gasteiger partial charge in [0.25, 0.3) is 5.56 Å². The fourth-order valence-corrected chi connectivity index (χ4v) is 3.45. The van der Waals surface area contributed by atoms with E-state index in [0.29, 0.717) is 5.75 Å². The highest BCUT2D eigenvalue weighted by Gasteiger charge is 2.60. The number of nitrogens with zero attached hydrogens (tertiary/aromatic N) is 3. The summed E-state index contributed by atoms with van der Waals surface area (Å²) >= 11 is 0. The van der Waals surface area contributed by atoms with Crippen LogP contribution >= 0.6 is 0 Å². The molecule has 0 unspecified atom stereocenters. The number of aliphatic hydroxyl groups is 3. The van der Waals surface area contributed by atoms with Crippen LogP contribution in [0.3, 0.4) is 0 Å². The molecule has 3 aromatic rings. The zero-order valence-electron chi connectivity index (χ0n) is 15.5. The largest absolute Gasteiger partial charge is 0.486 e. The first-order chi connectivity index (χ1) is 14.4. The first kappa shape index (κ1) is 20.0. The molecular weight excluding hydrogens is 398 g/mol. The summed E-state index contributed by atoms with van der Waals surface area (Å²) in [5.74, 6) is -0.653. The van der Waals surface area contributed by atoms with Gasteiger partial charge in [-0.3, -0.25) is 19.1 Å². The standard InChI is InChI=1S/C18H19N5O7/c19-17-21-15-12(16(28)22-17)20-8-23(15)18(14(27)13(26)10(6-24)30-18)11(25)7-29-9-4-2-1-3-5-9/h1-5,8,10,13-14,24,26-27H,6-7H2,(H3,19,21,22,28)/t10-,13-,14-,18-/m1/s1. The molecule has 0 radical (unpaired) electrons. The van der Waals surface area contributed by atoms with Crippen molar-refractivity contribution in [3.63, 3.8) is 0 Å². The monoisotopic (exact) mass is 417 g/mol. The number of nitrogens with two attached hydrogens (primary N) is 1. The summed E-state index contributed by atoms with van der Waals surface area (Å²) < 4.78 is 12.2. The minimum Gasteiger partial charge on any atom is -0.486 e. The Kier molecular flexibility index (Phi) is 4.99. The van der Waals surface area contributed by atoms with Crippen molar-refractivity contribution in [3.05, 3.63) is 47.0 Å². The second-order valence-corrected chi connectivity index (χ2v) is 6.73. The number of para-hydroxylation sites is 1. The third kappa shape index (κ3) is 3.02. The van der Waals surface area contributed by atoms with Crippen LogP contribution < -0.4 is 16.0 Å². The Balaban J connectivity index is 1.81. The van der Waals surface area contributed by atoms with Gasteiger partial charge in [0.05, 0.1) is 6.61 Å². The first-order valence-electron chi connectivity index (χ1n) is 8.97. The van der Waals surface area contributed by atoms with E-state index in [-0.39, 0.29) is 17.1 Å². The van der Waals surface area contributed by atoms with E-state index in [0.717, 1.165) is 10.9 Å². The lowest BCUT2D eigenvalue weighted by Crippen LogP contribution is -2.53. The molecule has 158 valence electrons. The SMILES string of the molecule is Nc1nc2c(ncn2[C@]2(C(=O)COc3ccccc3)O[C@H](CO)[C@@H](O)[C@H]2O)c(=O)[nH]1. The normalized spacial score (nSPS) is 26.2. The van der Waals surface area contributed by atoms with Gasteiger partial charge in [-0.15, -0.1) is 0 Å². The number of carbonyl (C=O) groups is 1. The van der Waals surface area contributed by atoms with E-state index in [9.17, 15) is 24.9 Å². The van der Waals surface area contributed by atoms with Crippen LogP contribution in [0.5, 0.6) is 5.75 Å². The van der Waals surface area contributed by atoms with Crippen molar-refractivity contribution in [2.24, 2.45) is 0 Å². The Morgan fingerprint density at radius 3 is 2.73 bits per heavy atom. The fourth-order valence-electron chi connectivity index (χ4n) is 3.45. The van der Waals surface area contributed by atoms with Crippen molar-refractivity contribution in [3.8, 4) is 5.75 Å². The predicted molar refractivity (Wildman–Crippen MR) is 101 cm³/mol. The van der Waals surface area contributed by atoms with Crippen molar-refractivity contribution in [2.75, 3.05) is 18.9 Å². The summed E-state index contributed by atoms with van der Waals surface area (Å²) in [5, 5.41) is 30.6. The predicted octanol–water partition coefficient (Wildman–Crippen LogP) is -1.88. The van der Waals surface area contributed by atoms with Crippen molar-refractivity contribution in [1.29, 1.82) is 0 Å². The molecule has 1 aliphatic rings. The molecule has 12 heteroatoms. The summed E-state index contributed by atoms with van der Waals surface area (Å²) in [5.41, 5.74) is 2.39. The molecule has 0 spiro atoms. The molecule has 6 N–H and O–H groups in total. The number of nitrogens with one attached hydrogen (secondary N) is 1. The lowest BCUT2D eigenvalue weighted by atomic mass is 9.98. The molecule has 1 aromatic carbocycles. The van der Waals surface area contributed by atoms with Crippen LogP contribution in [0, 0.1) is 0 Å². The summed E-state index contributed by atoms with van der Waals surface area (Å²) in [6.45, 7) is -1.22. The van der Waals surface area contributed by atoms with E-state index in [1.807, 2.05) is 0 Å². The summed E-state index contributed by atoms with van der Waals surface area (Å²) in [6, 6.07) is 8.46. The number of hydrogen-bond acceptors (Lipinski definition) is 10. The van der Waals surface area contributed by atoms with Crippen LogP contribution in [-0.4, -0.2) is 72.1 Å². The third-order valence-corrected chi connectivity index (χ3v) is 4.91. The van der Waals surface area contributed by atoms with Gasteiger partial charge in [0.2, 0.25) is 17.5 Å². The lowest BCUT2D eigenvalue weighted by molar-refractivity contribution is -0.175. The van der Waals surface area contributed by atoms with E-state index in [1.54, 1.807) is 30.3 Å². The van der Waals surface area contributed by atoms with Gasteiger partial charge in [0, 0.05) is 0 Å². The molecule has 12 nitrogen and oxygen atoms in total. The van der Waals surface area contributed by atoms with Crippen LogP contribution in [-0.2, 0) is 15.3 Å². The fraction of sp³-hybridized carbons (Fsp3) is 0.333. The number of anilines is 1. The van der Waals surface area contributed by atoms with Crippen molar-refractivity contribution < 1.29 is 29.6 Å². The van der Waals surface area contributed by atoms with Crippen LogP contribution in [0.25, 0.3) is 11.2 Å². The quantitative estimate of drug-likeness (QED) is 0.304. The number of H-pyrrole nitrogens is 1. The van der Waals surface area contributed by atoms with Gasteiger partial charge in [-0.1, -0.05) is 18.2 Å². The highest BCUT2D eigenvalue weighted by atomic mass is 16.6. The number of hydrogen-bond donors (Lipinski definition) is 5. The second kappa shape index (κ2) is 7.50. The Hall–Kier alpha value is -3.32. The number of imidazole rings is 1. The maximum absolute atomic E-state index is 13.3. The van der Waals surface area contributed by atoms with E-state index in [4.69, 9.17) is 15.2 Å². The second-order valence-electron chi connectivity index (χ2n) is 6.73. The molecule has 0 aliphatic carbocycles. The minimum absolute atomic E-state index is 0.144. The molecule has 0 amide bonds. The lowest BCUT2D eigenvalue weighted by Gasteiger charge is -2.31. The van der Waals surface area contributed by atoms with Gasteiger partial charge in [0.15, 0.2) is 17.8 Å². The number of ketones is 1. The molecule has 1 aliphatic heterocycles. The van der Waals surface area contributed by atoms with Crippen molar-refractivity contribution in [2.45, 2.75) is 24.0 Å². The van der Waals surface area contributed by atoms with Crippen LogP contribution in [0.2, 0.25) is 0 Å². The zero-order chi connectivity index (χ0) is 21.5. The Bertz CT molecular complexity index is 1130. The first-order valence-corrected chi connectivity index (χ1v) is 8.97. The van der Waals surface area contributed by atoms with Crippen LogP contribution in [0.4, 0.5) is 5.95 Å². The molecule has 30 heavy (non-hydrogen) atoms. The minimum atomic E-state index is -2.26. The summed E-state index contributed by atoms with van der Waals surface area (Å²) in [7, 11) is 0. The smallest absolute Gasteiger partial charge is 0.280 e. The number of ether oxygens (including phenoxy) is 2. The van der Waals surface area contributed by atoms with Gasteiger partial charge < -0.3 is 30.5 Å². The Morgan fingerprint density at radius 1 is 1.33 bits per heavy atom. The number of carbonyl (C=O) groups excluding carboxylic acids is 1. The molecule has 2 aromatic heterocycles. The number of nitrogen functional groups attached to an aromatic ring is 1. The third-order valence-electron chi connectivity index (χ3n) is 4.91. The maximum Gasteiger partial charge on any atom is 0.280 e. The van der Waals surface area contributed by atoms with Crippen molar-refractivity contribution >= 4 is 22.9 Å². The highest BCUT2D eigenvalue weighted by Crippen LogP contribution is 2.38. The van der Waals surface area contributed by atoms with E-state index < -0.39 is 48.6 Å². The van der Waals surface area contributed by atoms with Gasteiger partial charge >= 0.3 is 0 Å². The average Bonchev–Trinajstić information content (AvgIpc) is 3.27. The molecule has 0 bridgehead atoms. The zero-order valence-corrected chi connectivity index (χ0v) is 15.5. The summed E-state index contributed by atoms with van der Waals surface area (Å²) in [6.07, 6.45) is -3.63. The van der Waals surface area contributed by atoms with Gasteiger partial charge in [-0.25, -0.2) is 4.98 Å². The van der Waals surface area contributed by atoms with E-state index >= 15 is 0 Å². The molecule has 3 heterocycles. The number of benzene rings is 1. The topological polar surface area (TPSA) is 186 Å². The van der Waals surface area contributed by atoms with E-state index in [2.05, 4.69) is 15.0 Å². The highest BCUT2D eigenvalue weighted by molar-refractivity contribution is 5.89. The Morgan fingerprint density at radius 2 is 2.07 bits per heavy atom. The number of rotatable bonds is 6. The molecule has 0 saturated carbocycles. The number of aromatic amines is 1. The molecule has 1 saturated heterocycles. The molecule has 4 rings (SSSR count). The molecule has 1 fully saturated rings. The van der Waals surface area contributed by atoms with Gasteiger partial charge in [-0.05, 0) is 12.1 Å².